The number of nitrogens with zero attached hydrogens (tertiary/aromatic N) is 2. The average molecular weight is 875 g/mol. The first-order valence-corrected chi connectivity index (χ1v) is 25.1. The third-order valence-corrected chi connectivity index (χ3v) is 17.7. The third-order valence-electron chi connectivity index (χ3n) is 11.9. The van der Waals surface area contributed by atoms with Crippen LogP contribution in [0.2, 0.25) is 0 Å². The van der Waals surface area contributed by atoms with E-state index in [-0.39, 0.29) is 0 Å². The van der Waals surface area contributed by atoms with E-state index < -0.39 is 14.3 Å². The summed E-state index contributed by atoms with van der Waals surface area (Å²) < 4.78 is 32.8. The summed E-state index contributed by atoms with van der Waals surface area (Å²) in [6, 6.07) is 82.1. The lowest BCUT2D eigenvalue weighted by atomic mass is 10.0. The molecule has 0 spiro atoms. The maximum absolute atomic E-state index is 16.4. The van der Waals surface area contributed by atoms with Crippen molar-refractivity contribution >= 4 is 46.4 Å². The van der Waals surface area contributed by atoms with Gasteiger partial charge in [-0.3, -0.25) is 0 Å². The standard InChI is InChI=1S/C59H44N2O2P2/c1-43-18-11-25-47(38-43)51-29-15-33-55(42-51)65(63,54-32-14-28-50(41-54)46-23-9-4-10-24-46)59-37-17-35-57(61-59)56-34-16-36-58(60-56)64(62,52-30-12-26-48(39-52)44-19-5-2-6-20-44)53-31-13-27-49(40-53)45-21-7-3-8-22-45/h2-42H,1H3. The van der Waals surface area contributed by atoms with E-state index in [9.17, 15) is 0 Å². The fraction of sp³-hybridized carbons (Fsp3) is 0.0169. The first-order chi connectivity index (χ1) is 31.9. The van der Waals surface area contributed by atoms with E-state index in [4.69, 9.17) is 9.97 Å². The SMILES string of the molecule is Cc1cccc(-c2cccc(P(=O)(c3cccc(-c4ccccc4)c3)c3cccc(-c4cccc(P(=O)(c5cccc(-c6ccccc6)c5)c5cccc(-c6ccccc6)c5)n4)n3)c2)c1. The molecule has 1 unspecified atom stereocenters. The molecule has 6 heteroatoms. The number of hydrogen-bond donors (Lipinski definition) is 0. The van der Waals surface area contributed by atoms with E-state index in [1.165, 1.54) is 0 Å². The molecule has 0 saturated heterocycles. The molecule has 8 aromatic carbocycles. The molecule has 312 valence electrons. The minimum absolute atomic E-state index is 0.433. The molecule has 65 heavy (non-hydrogen) atoms. The van der Waals surface area contributed by atoms with Crippen LogP contribution in [0.4, 0.5) is 0 Å². The predicted molar refractivity (Wildman–Crippen MR) is 273 cm³/mol. The summed E-state index contributed by atoms with van der Waals surface area (Å²) in [7, 11) is -7.26. The monoisotopic (exact) mass is 874 g/mol. The van der Waals surface area contributed by atoms with Crippen molar-refractivity contribution in [1.82, 2.24) is 9.97 Å². The van der Waals surface area contributed by atoms with Crippen molar-refractivity contribution in [3.05, 3.63) is 254 Å². The molecule has 0 aliphatic rings. The molecule has 2 heterocycles. The molecular weight excluding hydrogens is 831 g/mol. The summed E-state index contributed by atoms with van der Waals surface area (Å²) in [5.41, 5.74) is 11.1. The smallest absolute Gasteiger partial charge is 0.188 e. The maximum Gasteiger partial charge on any atom is 0.188 e. The molecule has 0 N–H and O–H groups in total. The van der Waals surface area contributed by atoms with Crippen molar-refractivity contribution in [1.29, 1.82) is 0 Å². The lowest BCUT2D eigenvalue weighted by Crippen LogP contribution is -2.28. The van der Waals surface area contributed by atoms with Gasteiger partial charge in [0.15, 0.2) is 14.3 Å². The van der Waals surface area contributed by atoms with E-state index in [1.54, 1.807) is 0 Å². The van der Waals surface area contributed by atoms with Crippen molar-refractivity contribution in [2.75, 3.05) is 0 Å². The summed E-state index contributed by atoms with van der Waals surface area (Å²) in [4.78, 5) is 10.5. The summed E-state index contributed by atoms with van der Waals surface area (Å²) in [5, 5.41) is 2.69. The van der Waals surface area contributed by atoms with E-state index in [1.807, 2.05) is 182 Å². The number of aromatic nitrogens is 2. The van der Waals surface area contributed by atoms with Crippen LogP contribution < -0.4 is 32.1 Å². The number of pyridine rings is 2. The molecule has 0 fully saturated rings. The van der Waals surface area contributed by atoms with Crippen LogP contribution in [0.5, 0.6) is 0 Å². The summed E-state index contributed by atoms with van der Waals surface area (Å²) >= 11 is 0. The fourth-order valence-corrected chi connectivity index (χ4v) is 13.8. The van der Waals surface area contributed by atoms with Crippen molar-refractivity contribution in [2.45, 2.75) is 6.92 Å². The van der Waals surface area contributed by atoms with Crippen molar-refractivity contribution in [3.63, 3.8) is 0 Å². The van der Waals surface area contributed by atoms with Crippen molar-refractivity contribution < 1.29 is 9.13 Å². The highest BCUT2D eigenvalue weighted by Crippen LogP contribution is 2.45. The van der Waals surface area contributed by atoms with Crippen LogP contribution >= 0.6 is 14.3 Å². The van der Waals surface area contributed by atoms with Gasteiger partial charge < -0.3 is 9.13 Å². The second-order valence-corrected chi connectivity index (χ2v) is 21.6. The zero-order valence-corrected chi connectivity index (χ0v) is 37.6. The Bertz CT molecular complexity index is 3320. The highest BCUT2D eigenvalue weighted by Gasteiger charge is 2.34. The van der Waals surface area contributed by atoms with Crippen LogP contribution in [-0.4, -0.2) is 9.97 Å². The minimum Gasteiger partial charge on any atom is -0.307 e. The zero-order valence-electron chi connectivity index (χ0n) is 35.8. The normalized spacial score (nSPS) is 12.3. The Balaban J connectivity index is 1.13. The predicted octanol–water partition coefficient (Wildman–Crippen LogP) is 12.4. The van der Waals surface area contributed by atoms with Crippen molar-refractivity contribution in [3.8, 4) is 55.9 Å². The first-order valence-electron chi connectivity index (χ1n) is 21.7. The van der Waals surface area contributed by atoms with Crippen LogP contribution in [0.15, 0.2) is 249 Å². The maximum atomic E-state index is 16.4. The van der Waals surface area contributed by atoms with Crippen LogP contribution in [0.25, 0.3) is 55.9 Å². The Kier molecular flexibility index (Phi) is 11.5. The lowest BCUT2D eigenvalue weighted by molar-refractivity contribution is 0.591. The van der Waals surface area contributed by atoms with Gasteiger partial charge in [-0.05, 0) is 100.0 Å². The van der Waals surface area contributed by atoms with Crippen LogP contribution in [-0.2, 0) is 9.13 Å². The first kappa shape index (κ1) is 41.5. The molecule has 0 aliphatic carbocycles. The van der Waals surface area contributed by atoms with Gasteiger partial charge in [0.25, 0.3) is 0 Å². The Labute approximate surface area is 380 Å². The Hall–Kier alpha value is -7.48. The van der Waals surface area contributed by atoms with Gasteiger partial charge in [0, 0.05) is 21.2 Å². The van der Waals surface area contributed by atoms with E-state index in [0.29, 0.717) is 43.5 Å². The highest BCUT2D eigenvalue weighted by atomic mass is 31.2. The topological polar surface area (TPSA) is 59.9 Å². The van der Waals surface area contributed by atoms with Crippen LogP contribution in [0, 0.1) is 6.92 Å². The summed E-state index contributed by atoms with van der Waals surface area (Å²) in [6.45, 7) is 2.08. The quantitative estimate of drug-likeness (QED) is 0.121. The molecule has 0 radical (unpaired) electrons. The van der Waals surface area contributed by atoms with E-state index in [0.717, 1.165) is 50.1 Å². The van der Waals surface area contributed by atoms with Crippen LogP contribution in [0.3, 0.4) is 0 Å². The largest absolute Gasteiger partial charge is 0.307 e. The zero-order chi connectivity index (χ0) is 44.2. The van der Waals surface area contributed by atoms with Gasteiger partial charge in [-0.1, -0.05) is 206 Å². The molecule has 10 rings (SSSR count). The molecule has 4 nitrogen and oxygen atoms in total. The Morgan fingerprint density at radius 1 is 0.277 bits per heavy atom. The molecular formula is C59H44N2O2P2. The number of aryl methyl sites for hydroxylation is 1. The lowest BCUT2D eigenvalue weighted by Gasteiger charge is -2.22. The summed E-state index contributed by atoms with van der Waals surface area (Å²) in [5.74, 6) is 0. The van der Waals surface area contributed by atoms with Gasteiger partial charge in [0.05, 0.1) is 11.4 Å². The van der Waals surface area contributed by atoms with Gasteiger partial charge in [0.1, 0.15) is 10.9 Å². The van der Waals surface area contributed by atoms with Crippen LogP contribution in [0.1, 0.15) is 5.56 Å². The Morgan fingerprint density at radius 3 is 0.892 bits per heavy atom. The van der Waals surface area contributed by atoms with E-state index >= 15 is 9.13 Å². The number of hydrogen-bond acceptors (Lipinski definition) is 4. The molecule has 0 amide bonds. The average Bonchev–Trinajstić information content (AvgIpc) is 3.39. The Morgan fingerprint density at radius 2 is 0.554 bits per heavy atom. The van der Waals surface area contributed by atoms with Crippen molar-refractivity contribution in [2.24, 2.45) is 0 Å². The molecule has 1 atom stereocenters. The molecule has 0 aliphatic heterocycles. The third kappa shape index (κ3) is 8.27. The van der Waals surface area contributed by atoms with Gasteiger partial charge in [-0.2, -0.15) is 0 Å². The number of benzene rings is 8. The minimum atomic E-state index is -3.63. The van der Waals surface area contributed by atoms with E-state index in [2.05, 4.69) is 73.7 Å². The van der Waals surface area contributed by atoms with Gasteiger partial charge in [-0.15, -0.1) is 0 Å². The fourth-order valence-electron chi connectivity index (χ4n) is 8.55. The molecule has 10 aromatic rings. The molecule has 0 saturated carbocycles. The second kappa shape index (κ2) is 17.9. The van der Waals surface area contributed by atoms with Gasteiger partial charge in [0.2, 0.25) is 0 Å². The molecule has 2 aromatic heterocycles. The van der Waals surface area contributed by atoms with Gasteiger partial charge in [-0.25, -0.2) is 9.97 Å². The van der Waals surface area contributed by atoms with Gasteiger partial charge >= 0.3 is 0 Å². The highest BCUT2D eigenvalue weighted by molar-refractivity contribution is 7.85. The number of rotatable bonds is 11. The summed E-state index contributed by atoms with van der Waals surface area (Å²) in [6.07, 6.45) is 0. The second-order valence-electron chi connectivity index (χ2n) is 16.1. The molecule has 0 bridgehead atoms.